The fourth-order valence-corrected chi connectivity index (χ4v) is 2.54. The maximum absolute atomic E-state index is 12.1. The minimum atomic E-state index is -0.0422. The molecule has 2 aromatic carbocycles. The molecule has 0 aliphatic carbocycles. The van der Waals surface area contributed by atoms with Crippen LogP contribution in [0.1, 0.15) is 34.8 Å². The van der Waals surface area contributed by atoms with Crippen LogP contribution in [0.3, 0.4) is 0 Å². The lowest BCUT2D eigenvalue weighted by Gasteiger charge is -2.13. The molecule has 0 saturated carbocycles. The van der Waals surface area contributed by atoms with Crippen molar-refractivity contribution >= 4 is 11.9 Å². The molecule has 0 atom stereocenters. The Balaban J connectivity index is 1.75. The van der Waals surface area contributed by atoms with Crippen molar-refractivity contribution in [1.82, 2.24) is 16.0 Å². The first-order chi connectivity index (χ1) is 13.6. The predicted molar refractivity (Wildman–Crippen MR) is 114 cm³/mol. The molecule has 6 nitrogen and oxygen atoms in total. The minimum absolute atomic E-state index is 0.0422. The highest BCUT2D eigenvalue weighted by atomic mass is 16.5. The Labute approximate surface area is 167 Å². The average molecular weight is 383 g/mol. The number of hydrogen-bond acceptors (Lipinski definition) is 3. The lowest BCUT2D eigenvalue weighted by molar-refractivity contribution is 0.0953. The molecule has 0 aliphatic heterocycles. The zero-order chi connectivity index (χ0) is 20.2. The molecule has 0 saturated heterocycles. The van der Waals surface area contributed by atoms with Crippen molar-refractivity contribution in [3.63, 3.8) is 0 Å². The van der Waals surface area contributed by atoms with E-state index in [1.807, 2.05) is 62.4 Å². The molecular weight excluding hydrogens is 352 g/mol. The predicted octanol–water partition coefficient (Wildman–Crippen LogP) is 2.88. The first-order valence-corrected chi connectivity index (χ1v) is 9.63. The van der Waals surface area contributed by atoms with Crippen LogP contribution < -0.4 is 20.7 Å². The Morgan fingerprint density at radius 2 is 1.82 bits per heavy atom. The maximum Gasteiger partial charge on any atom is 0.251 e. The average Bonchev–Trinajstić information content (AvgIpc) is 2.73. The van der Waals surface area contributed by atoms with Crippen molar-refractivity contribution in [2.45, 2.75) is 26.8 Å². The van der Waals surface area contributed by atoms with E-state index in [1.165, 1.54) is 5.56 Å². The van der Waals surface area contributed by atoms with Crippen LogP contribution in [0.4, 0.5) is 0 Å². The van der Waals surface area contributed by atoms with E-state index in [1.54, 1.807) is 7.05 Å². The molecule has 0 spiro atoms. The largest absolute Gasteiger partial charge is 0.492 e. The number of aliphatic imine (C=N–C) groups is 1. The van der Waals surface area contributed by atoms with Crippen LogP contribution in [0, 0.1) is 6.92 Å². The van der Waals surface area contributed by atoms with Gasteiger partial charge in [0.15, 0.2) is 5.96 Å². The normalized spacial score (nSPS) is 11.0. The van der Waals surface area contributed by atoms with E-state index in [-0.39, 0.29) is 5.91 Å². The number of amides is 1. The van der Waals surface area contributed by atoms with Gasteiger partial charge >= 0.3 is 0 Å². The summed E-state index contributed by atoms with van der Waals surface area (Å²) >= 11 is 0. The number of benzene rings is 2. The quantitative estimate of drug-likeness (QED) is 0.354. The van der Waals surface area contributed by atoms with E-state index in [9.17, 15) is 4.79 Å². The molecule has 2 rings (SSSR count). The second kappa shape index (κ2) is 11.6. The fourth-order valence-electron chi connectivity index (χ4n) is 2.54. The summed E-state index contributed by atoms with van der Waals surface area (Å²) in [6, 6.07) is 15.6. The molecule has 6 heteroatoms. The van der Waals surface area contributed by atoms with E-state index in [0.717, 1.165) is 17.7 Å². The van der Waals surface area contributed by atoms with Crippen LogP contribution in [-0.2, 0) is 6.54 Å². The second-order valence-corrected chi connectivity index (χ2v) is 6.47. The van der Waals surface area contributed by atoms with Gasteiger partial charge < -0.3 is 20.7 Å². The third kappa shape index (κ3) is 7.31. The van der Waals surface area contributed by atoms with E-state index in [0.29, 0.717) is 37.8 Å². The summed E-state index contributed by atoms with van der Waals surface area (Å²) in [5.41, 5.74) is 2.90. The lowest BCUT2D eigenvalue weighted by Crippen LogP contribution is -2.38. The highest BCUT2D eigenvalue weighted by Crippen LogP contribution is 2.10. The number of ether oxygens (including phenoxy) is 1. The minimum Gasteiger partial charge on any atom is -0.492 e. The van der Waals surface area contributed by atoms with Crippen LogP contribution in [0.5, 0.6) is 5.75 Å². The smallest absolute Gasteiger partial charge is 0.251 e. The summed E-state index contributed by atoms with van der Waals surface area (Å²) in [7, 11) is 1.73. The molecule has 0 radical (unpaired) electrons. The molecule has 0 aromatic heterocycles. The Hall–Kier alpha value is -3.02. The molecule has 150 valence electrons. The van der Waals surface area contributed by atoms with Crippen molar-refractivity contribution in [1.29, 1.82) is 0 Å². The van der Waals surface area contributed by atoms with E-state index in [2.05, 4.69) is 20.9 Å². The van der Waals surface area contributed by atoms with E-state index >= 15 is 0 Å². The molecule has 0 fully saturated rings. The van der Waals surface area contributed by atoms with Gasteiger partial charge in [-0.1, -0.05) is 36.8 Å². The number of rotatable bonds is 9. The number of guanidine groups is 1. The van der Waals surface area contributed by atoms with Crippen molar-refractivity contribution in [3.05, 3.63) is 65.2 Å². The molecule has 0 unspecified atom stereocenters. The zero-order valence-electron chi connectivity index (χ0n) is 16.9. The van der Waals surface area contributed by atoms with Gasteiger partial charge in [0, 0.05) is 25.7 Å². The standard InChI is InChI=1S/C22H30N4O2/c1-4-12-24-21(27)19-7-5-6-18(15-19)16-26-22(23-3)25-13-14-28-20-10-8-17(2)9-11-20/h5-11,15H,4,12-14,16H2,1-3H3,(H,24,27)(H2,23,25,26). The SMILES string of the molecule is CCCNC(=O)c1cccc(CNC(=NC)NCCOc2ccc(C)cc2)c1. The number of hydrogen-bond donors (Lipinski definition) is 3. The lowest BCUT2D eigenvalue weighted by atomic mass is 10.1. The third-order valence-corrected chi connectivity index (χ3v) is 4.09. The third-order valence-electron chi connectivity index (χ3n) is 4.09. The van der Waals surface area contributed by atoms with Gasteiger partial charge in [0.05, 0.1) is 6.54 Å². The highest BCUT2D eigenvalue weighted by Gasteiger charge is 2.06. The maximum atomic E-state index is 12.1. The zero-order valence-corrected chi connectivity index (χ0v) is 16.9. The number of nitrogens with one attached hydrogen (secondary N) is 3. The summed E-state index contributed by atoms with van der Waals surface area (Å²) in [5.74, 6) is 1.50. The summed E-state index contributed by atoms with van der Waals surface area (Å²) in [6.45, 7) is 6.51. The van der Waals surface area contributed by atoms with Crippen LogP contribution in [-0.4, -0.2) is 38.6 Å². The van der Waals surface area contributed by atoms with Crippen LogP contribution in [0.15, 0.2) is 53.5 Å². The number of nitrogens with zero attached hydrogens (tertiary/aromatic N) is 1. The number of carbonyl (C=O) groups excluding carboxylic acids is 1. The molecule has 1 amide bonds. The van der Waals surface area contributed by atoms with Gasteiger partial charge in [-0.05, 0) is 43.2 Å². The van der Waals surface area contributed by atoms with Crippen LogP contribution in [0.2, 0.25) is 0 Å². The highest BCUT2D eigenvalue weighted by molar-refractivity contribution is 5.94. The van der Waals surface area contributed by atoms with Gasteiger partial charge in [-0.15, -0.1) is 0 Å². The molecule has 0 bridgehead atoms. The van der Waals surface area contributed by atoms with E-state index < -0.39 is 0 Å². The first kappa shape index (κ1) is 21.3. The Morgan fingerprint density at radius 3 is 2.54 bits per heavy atom. The Morgan fingerprint density at radius 1 is 1.04 bits per heavy atom. The molecule has 0 heterocycles. The van der Waals surface area contributed by atoms with E-state index in [4.69, 9.17) is 4.74 Å². The van der Waals surface area contributed by atoms with Gasteiger partial charge in [0.2, 0.25) is 0 Å². The summed E-state index contributed by atoms with van der Waals surface area (Å²) in [4.78, 5) is 16.3. The molecule has 0 aliphatic rings. The number of carbonyl (C=O) groups is 1. The van der Waals surface area contributed by atoms with Crippen molar-refractivity contribution in [2.24, 2.45) is 4.99 Å². The fraction of sp³-hybridized carbons (Fsp3) is 0.364. The topological polar surface area (TPSA) is 74.8 Å². The van der Waals surface area contributed by atoms with Crippen molar-refractivity contribution < 1.29 is 9.53 Å². The summed E-state index contributed by atoms with van der Waals surface area (Å²) in [6.07, 6.45) is 0.919. The second-order valence-electron chi connectivity index (χ2n) is 6.47. The van der Waals surface area contributed by atoms with Crippen LogP contribution in [0.25, 0.3) is 0 Å². The monoisotopic (exact) mass is 382 g/mol. The molecule has 2 aromatic rings. The summed E-state index contributed by atoms with van der Waals surface area (Å²) < 4.78 is 5.70. The number of aryl methyl sites for hydroxylation is 1. The first-order valence-electron chi connectivity index (χ1n) is 9.63. The van der Waals surface area contributed by atoms with Crippen molar-refractivity contribution in [2.75, 3.05) is 26.7 Å². The summed E-state index contributed by atoms with van der Waals surface area (Å²) in [5, 5.41) is 9.37. The molecule has 3 N–H and O–H groups in total. The van der Waals surface area contributed by atoms with Gasteiger partial charge in [0.1, 0.15) is 12.4 Å². The van der Waals surface area contributed by atoms with Gasteiger partial charge in [0.25, 0.3) is 5.91 Å². The van der Waals surface area contributed by atoms with Crippen molar-refractivity contribution in [3.8, 4) is 5.75 Å². The molecular formula is C22H30N4O2. The van der Waals surface area contributed by atoms with Gasteiger partial charge in [-0.3, -0.25) is 9.79 Å². The molecule has 28 heavy (non-hydrogen) atoms. The van der Waals surface area contributed by atoms with Gasteiger partial charge in [-0.25, -0.2) is 0 Å². The van der Waals surface area contributed by atoms with Gasteiger partial charge in [-0.2, -0.15) is 0 Å². The van der Waals surface area contributed by atoms with Crippen LogP contribution >= 0.6 is 0 Å². The Bertz CT molecular complexity index is 772. The Kier molecular flexibility index (Phi) is 8.85.